The SMILES string of the molecule is C=CCNC(=O)c1ccccc1NC(=O)C(C)N(c1ccccc1)S(C)(=O)=O. The second-order valence-corrected chi connectivity index (χ2v) is 7.96. The molecule has 0 aliphatic rings. The molecule has 2 aromatic carbocycles. The predicted molar refractivity (Wildman–Crippen MR) is 111 cm³/mol. The fourth-order valence-corrected chi connectivity index (χ4v) is 3.85. The third-order valence-electron chi connectivity index (χ3n) is 3.94. The van der Waals surface area contributed by atoms with Gasteiger partial charge in [-0.1, -0.05) is 36.4 Å². The third kappa shape index (κ3) is 5.20. The highest BCUT2D eigenvalue weighted by atomic mass is 32.2. The van der Waals surface area contributed by atoms with E-state index < -0.39 is 22.0 Å². The number of nitrogens with one attached hydrogen (secondary N) is 2. The summed E-state index contributed by atoms with van der Waals surface area (Å²) >= 11 is 0. The van der Waals surface area contributed by atoms with Crippen molar-refractivity contribution in [3.05, 3.63) is 72.8 Å². The molecule has 0 aliphatic heterocycles. The maximum absolute atomic E-state index is 12.8. The first-order valence-corrected chi connectivity index (χ1v) is 10.4. The number of benzene rings is 2. The van der Waals surface area contributed by atoms with E-state index in [-0.39, 0.29) is 18.0 Å². The van der Waals surface area contributed by atoms with Gasteiger partial charge in [0.2, 0.25) is 15.9 Å². The minimum Gasteiger partial charge on any atom is -0.349 e. The average molecular weight is 401 g/mol. The number of para-hydroxylation sites is 2. The molecular weight excluding hydrogens is 378 g/mol. The Bertz CT molecular complexity index is 958. The van der Waals surface area contributed by atoms with Crippen LogP contribution in [-0.4, -0.2) is 39.1 Å². The van der Waals surface area contributed by atoms with E-state index in [9.17, 15) is 18.0 Å². The maximum Gasteiger partial charge on any atom is 0.253 e. The minimum absolute atomic E-state index is 0.274. The van der Waals surface area contributed by atoms with Crippen LogP contribution in [-0.2, 0) is 14.8 Å². The Morgan fingerprint density at radius 1 is 1.11 bits per heavy atom. The van der Waals surface area contributed by atoms with Gasteiger partial charge in [-0.15, -0.1) is 6.58 Å². The number of hydrogen-bond acceptors (Lipinski definition) is 4. The Hall–Kier alpha value is -3.13. The van der Waals surface area contributed by atoms with Gasteiger partial charge in [0.05, 0.1) is 23.2 Å². The van der Waals surface area contributed by atoms with Crippen LogP contribution < -0.4 is 14.9 Å². The van der Waals surface area contributed by atoms with Crippen molar-refractivity contribution in [2.24, 2.45) is 0 Å². The number of rotatable bonds is 8. The van der Waals surface area contributed by atoms with Gasteiger partial charge in [-0.25, -0.2) is 8.42 Å². The monoisotopic (exact) mass is 401 g/mol. The molecule has 0 saturated heterocycles. The summed E-state index contributed by atoms with van der Waals surface area (Å²) < 4.78 is 25.6. The van der Waals surface area contributed by atoms with Gasteiger partial charge < -0.3 is 10.6 Å². The molecule has 0 fully saturated rings. The number of sulfonamides is 1. The van der Waals surface area contributed by atoms with E-state index in [2.05, 4.69) is 17.2 Å². The Balaban J connectivity index is 2.29. The van der Waals surface area contributed by atoms with Crippen LogP contribution in [0.15, 0.2) is 67.3 Å². The zero-order valence-electron chi connectivity index (χ0n) is 15.8. The first-order valence-electron chi connectivity index (χ1n) is 8.59. The molecule has 0 aliphatic carbocycles. The van der Waals surface area contributed by atoms with Gasteiger partial charge in [0.15, 0.2) is 0 Å². The lowest BCUT2D eigenvalue weighted by Gasteiger charge is -2.28. The molecule has 7 nitrogen and oxygen atoms in total. The molecule has 0 bridgehead atoms. The van der Waals surface area contributed by atoms with Gasteiger partial charge in [-0.05, 0) is 31.2 Å². The van der Waals surface area contributed by atoms with Gasteiger partial charge in [0.25, 0.3) is 5.91 Å². The quantitative estimate of drug-likeness (QED) is 0.664. The van der Waals surface area contributed by atoms with Crippen LogP contribution in [0.2, 0.25) is 0 Å². The summed E-state index contributed by atoms with van der Waals surface area (Å²) in [6.07, 6.45) is 2.59. The fraction of sp³-hybridized carbons (Fsp3) is 0.200. The topological polar surface area (TPSA) is 95.6 Å². The Morgan fingerprint density at radius 3 is 2.32 bits per heavy atom. The highest BCUT2D eigenvalue weighted by Crippen LogP contribution is 2.22. The van der Waals surface area contributed by atoms with Crippen molar-refractivity contribution < 1.29 is 18.0 Å². The second kappa shape index (κ2) is 9.18. The molecular formula is C20H23N3O4S. The van der Waals surface area contributed by atoms with Crippen molar-refractivity contribution in [2.45, 2.75) is 13.0 Å². The van der Waals surface area contributed by atoms with E-state index in [0.29, 0.717) is 11.4 Å². The van der Waals surface area contributed by atoms with Crippen LogP contribution in [0, 0.1) is 0 Å². The van der Waals surface area contributed by atoms with E-state index in [0.717, 1.165) is 10.6 Å². The van der Waals surface area contributed by atoms with Crippen LogP contribution in [0.4, 0.5) is 11.4 Å². The molecule has 28 heavy (non-hydrogen) atoms. The van der Waals surface area contributed by atoms with Crippen molar-refractivity contribution in [2.75, 3.05) is 22.4 Å². The van der Waals surface area contributed by atoms with Gasteiger partial charge in [0.1, 0.15) is 6.04 Å². The van der Waals surface area contributed by atoms with E-state index >= 15 is 0 Å². The van der Waals surface area contributed by atoms with Crippen LogP contribution in [0.5, 0.6) is 0 Å². The highest BCUT2D eigenvalue weighted by Gasteiger charge is 2.29. The smallest absolute Gasteiger partial charge is 0.253 e. The van der Waals surface area contributed by atoms with Crippen molar-refractivity contribution >= 4 is 33.2 Å². The van der Waals surface area contributed by atoms with Crippen molar-refractivity contribution in [1.82, 2.24) is 5.32 Å². The van der Waals surface area contributed by atoms with Gasteiger partial charge >= 0.3 is 0 Å². The third-order valence-corrected chi connectivity index (χ3v) is 5.18. The molecule has 1 unspecified atom stereocenters. The van der Waals surface area contributed by atoms with Crippen molar-refractivity contribution in [3.63, 3.8) is 0 Å². The summed E-state index contributed by atoms with van der Waals surface area (Å²) in [4.78, 5) is 25.1. The molecule has 2 amide bonds. The van der Waals surface area contributed by atoms with E-state index in [1.54, 1.807) is 60.7 Å². The van der Waals surface area contributed by atoms with Gasteiger partial charge in [-0.3, -0.25) is 13.9 Å². The van der Waals surface area contributed by atoms with Crippen LogP contribution in [0.25, 0.3) is 0 Å². The lowest BCUT2D eigenvalue weighted by molar-refractivity contribution is -0.116. The summed E-state index contributed by atoms with van der Waals surface area (Å²) in [5, 5.41) is 5.31. The molecule has 148 valence electrons. The van der Waals surface area contributed by atoms with E-state index in [1.807, 2.05) is 0 Å². The lowest BCUT2D eigenvalue weighted by atomic mass is 10.1. The first-order chi connectivity index (χ1) is 13.3. The summed E-state index contributed by atoms with van der Waals surface area (Å²) in [6.45, 7) is 5.32. The first kappa shape index (κ1) is 21.2. The zero-order chi connectivity index (χ0) is 20.7. The maximum atomic E-state index is 12.8. The fourth-order valence-electron chi connectivity index (χ4n) is 2.67. The summed E-state index contributed by atoms with van der Waals surface area (Å²) in [5.74, 6) is -0.926. The lowest BCUT2D eigenvalue weighted by Crippen LogP contribution is -2.45. The van der Waals surface area contributed by atoms with Crippen LogP contribution in [0.3, 0.4) is 0 Å². The van der Waals surface area contributed by atoms with E-state index in [1.165, 1.54) is 6.92 Å². The summed E-state index contributed by atoms with van der Waals surface area (Å²) in [5.41, 5.74) is 0.947. The number of carbonyl (C=O) groups excluding carboxylic acids is 2. The molecule has 0 aromatic heterocycles. The van der Waals surface area contributed by atoms with Crippen LogP contribution in [0.1, 0.15) is 17.3 Å². The molecule has 0 saturated carbocycles. The largest absolute Gasteiger partial charge is 0.349 e. The normalized spacial score (nSPS) is 11.9. The standard InChI is InChI=1S/C20H23N3O4S/c1-4-14-21-20(25)17-12-8-9-13-18(17)22-19(24)15(2)23(28(3,26)27)16-10-6-5-7-11-16/h4-13,15H,1,14H2,2-3H3,(H,21,25)(H,22,24). The molecule has 1 atom stereocenters. The number of anilines is 2. The molecule has 0 heterocycles. The number of hydrogen-bond donors (Lipinski definition) is 2. The summed E-state index contributed by atoms with van der Waals surface area (Å²) in [7, 11) is -3.71. The number of carbonyl (C=O) groups is 2. The second-order valence-electron chi connectivity index (χ2n) is 6.10. The van der Waals surface area contributed by atoms with Crippen LogP contribution >= 0.6 is 0 Å². The van der Waals surface area contributed by atoms with Crippen molar-refractivity contribution in [1.29, 1.82) is 0 Å². The zero-order valence-corrected chi connectivity index (χ0v) is 16.6. The Kier molecular flexibility index (Phi) is 6.94. The average Bonchev–Trinajstić information content (AvgIpc) is 2.66. The molecule has 0 spiro atoms. The molecule has 0 radical (unpaired) electrons. The molecule has 2 rings (SSSR count). The summed E-state index contributed by atoms with van der Waals surface area (Å²) in [6, 6.07) is 13.8. The number of amides is 2. The number of nitrogens with zero attached hydrogens (tertiary/aromatic N) is 1. The molecule has 8 heteroatoms. The predicted octanol–water partition coefficient (Wildman–Crippen LogP) is 2.40. The van der Waals surface area contributed by atoms with Crippen molar-refractivity contribution in [3.8, 4) is 0 Å². The van der Waals surface area contributed by atoms with Gasteiger partial charge in [0, 0.05) is 6.54 Å². The minimum atomic E-state index is -3.71. The highest BCUT2D eigenvalue weighted by molar-refractivity contribution is 7.92. The Labute approximate surface area is 165 Å². The van der Waals surface area contributed by atoms with Gasteiger partial charge in [-0.2, -0.15) is 0 Å². The molecule has 2 aromatic rings. The Morgan fingerprint density at radius 2 is 1.71 bits per heavy atom. The van der Waals surface area contributed by atoms with E-state index in [4.69, 9.17) is 0 Å². The molecule has 2 N–H and O–H groups in total.